The molecule has 1 aliphatic heterocycles. The van der Waals surface area contributed by atoms with Crippen LogP contribution in [0.3, 0.4) is 0 Å². The lowest BCUT2D eigenvalue weighted by atomic mass is 9.75. The summed E-state index contributed by atoms with van der Waals surface area (Å²) in [5.74, 6) is 0.781. The van der Waals surface area contributed by atoms with Gasteiger partial charge < -0.3 is 10.6 Å². The number of carbonyl (C=O) groups excluding carboxylic acids is 1. The van der Waals surface area contributed by atoms with Crippen molar-refractivity contribution < 1.29 is 4.79 Å². The molecule has 0 radical (unpaired) electrons. The van der Waals surface area contributed by atoms with Gasteiger partial charge in [0.05, 0.1) is 6.42 Å². The lowest BCUT2D eigenvalue weighted by Gasteiger charge is -2.35. The van der Waals surface area contributed by atoms with Crippen LogP contribution in [0, 0.1) is 11.3 Å². The maximum atomic E-state index is 11.5. The molecule has 3 rings (SSSR count). The van der Waals surface area contributed by atoms with Crippen molar-refractivity contribution in [2.75, 3.05) is 11.9 Å². The van der Waals surface area contributed by atoms with Gasteiger partial charge in [-0.25, -0.2) is 0 Å². The molecule has 2 unspecified atom stereocenters. The summed E-state index contributed by atoms with van der Waals surface area (Å²) >= 11 is 0. The Labute approximate surface area is 127 Å². The van der Waals surface area contributed by atoms with E-state index in [9.17, 15) is 4.79 Å². The number of hydrogen-bond donors (Lipinski definition) is 2. The van der Waals surface area contributed by atoms with E-state index < -0.39 is 0 Å². The van der Waals surface area contributed by atoms with Crippen molar-refractivity contribution in [3.63, 3.8) is 0 Å². The maximum Gasteiger partial charge on any atom is 0.228 e. The molecule has 0 bridgehead atoms. The fourth-order valence-corrected chi connectivity index (χ4v) is 4.13. The van der Waals surface area contributed by atoms with Crippen molar-refractivity contribution in [2.45, 2.75) is 52.5 Å². The molecule has 21 heavy (non-hydrogen) atoms. The summed E-state index contributed by atoms with van der Waals surface area (Å²) in [6.45, 7) is 7.94. The van der Waals surface area contributed by atoms with Crippen molar-refractivity contribution >= 4 is 11.6 Å². The van der Waals surface area contributed by atoms with E-state index in [1.165, 1.54) is 24.8 Å². The molecule has 1 aromatic carbocycles. The molecule has 1 amide bonds. The van der Waals surface area contributed by atoms with Crippen LogP contribution in [-0.2, 0) is 11.2 Å². The molecule has 2 atom stereocenters. The summed E-state index contributed by atoms with van der Waals surface area (Å²) in [6, 6.07) is 6.89. The monoisotopic (exact) mass is 286 g/mol. The first kappa shape index (κ1) is 14.6. The van der Waals surface area contributed by atoms with Crippen molar-refractivity contribution in [1.29, 1.82) is 0 Å². The smallest absolute Gasteiger partial charge is 0.228 e. The van der Waals surface area contributed by atoms with Gasteiger partial charge in [-0.2, -0.15) is 0 Å². The van der Waals surface area contributed by atoms with E-state index >= 15 is 0 Å². The highest BCUT2D eigenvalue weighted by molar-refractivity contribution is 5.99. The van der Waals surface area contributed by atoms with Crippen LogP contribution >= 0.6 is 0 Å². The second kappa shape index (κ2) is 5.45. The second-order valence-electron chi connectivity index (χ2n) is 7.16. The Morgan fingerprint density at radius 2 is 2.24 bits per heavy atom. The van der Waals surface area contributed by atoms with Crippen LogP contribution in [0.15, 0.2) is 18.2 Å². The van der Waals surface area contributed by atoms with Crippen LogP contribution in [-0.4, -0.2) is 12.5 Å². The molecule has 1 heterocycles. The van der Waals surface area contributed by atoms with Gasteiger partial charge in [-0.3, -0.25) is 4.79 Å². The molecule has 1 saturated carbocycles. The predicted molar refractivity (Wildman–Crippen MR) is 86.3 cm³/mol. The van der Waals surface area contributed by atoms with Crippen LogP contribution in [0.4, 0.5) is 5.69 Å². The highest BCUT2D eigenvalue weighted by atomic mass is 16.1. The zero-order valence-electron chi connectivity index (χ0n) is 13.3. The first-order valence-corrected chi connectivity index (χ1v) is 8.17. The first-order chi connectivity index (χ1) is 10.0. The Hall–Kier alpha value is -1.35. The number of nitrogens with one attached hydrogen (secondary N) is 2. The fourth-order valence-electron chi connectivity index (χ4n) is 4.13. The molecule has 3 heteroatoms. The molecule has 1 fully saturated rings. The average Bonchev–Trinajstić information content (AvgIpc) is 2.96. The maximum absolute atomic E-state index is 11.5. The minimum absolute atomic E-state index is 0.114. The summed E-state index contributed by atoms with van der Waals surface area (Å²) in [5, 5.41) is 6.62. The zero-order valence-corrected chi connectivity index (χ0v) is 13.3. The van der Waals surface area contributed by atoms with Crippen LogP contribution in [0.5, 0.6) is 0 Å². The number of anilines is 1. The minimum atomic E-state index is 0.114. The largest absolute Gasteiger partial charge is 0.326 e. The third-order valence-electron chi connectivity index (χ3n) is 5.28. The van der Waals surface area contributed by atoms with Crippen molar-refractivity contribution in [1.82, 2.24) is 5.32 Å². The highest BCUT2D eigenvalue weighted by Gasteiger charge is 2.40. The van der Waals surface area contributed by atoms with Gasteiger partial charge in [0.25, 0.3) is 0 Å². The van der Waals surface area contributed by atoms with Crippen molar-refractivity contribution in [2.24, 2.45) is 11.3 Å². The number of fused-ring (bicyclic) bond motifs is 1. The van der Waals surface area contributed by atoms with E-state index in [1.54, 1.807) is 0 Å². The molecule has 114 valence electrons. The van der Waals surface area contributed by atoms with E-state index in [0.29, 0.717) is 23.8 Å². The number of carbonyl (C=O) groups is 1. The van der Waals surface area contributed by atoms with Gasteiger partial charge in [0, 0.05) is 11.7 Å². The Kier molecular flexibility index (Phi) is 3.78. The summed E-state index contributed by atoms with van der Waals surface area (Å²) in [7, 11) is 0. The van der Waals surface area contributed by atoms with Crippen LogP contribution < -0.4 is 10.6 Å². The molecule has 2 aliphatic rings. The average molecular weight is 286 g/mol. The topological polar surface area (TPSA) is 41.1 Å². The van der Waals surface area contributed by atoms with Crippen molar-refractivity contribution in [3.8, 4) is 0 Å². The quantitative estimate of drug-likeness (QED) is 0.887. The van der Waals surface area contributed by atoms with Gasteiger partial charge in [0.1, 0.15) is 0 Å². The summed E-state index contributed by atoms with van der Waals surface area (Å²) in [4.78, 5) is 11.5. The summed E-state index contributed by atoms with van der Waals surface area (Å²) in [6.07, 6.45) is 4.45. The third-order valence-corrected chi connectivity index (χ3v) is 5.28. The lowest BCUT2D eigenvalue weighted by Crippen LogP contribution is -2.34. The minimum Gasteiger partial charge on any atom is -0.326 e. The van der Waals surface area contributed by atoms with Gasteiger partial charge in [0.15, 0.2) is 0 Å². The van der Waals surface area contributed by atoms with Crippen molar-refractivity contribution in [3.05, 3.63) is 29.3 Å². The first-order valence-electron chi connectivity index (χ1n) is 8.17. The molecule has 1 aromatic rings. The van der Waals surface area contributed by atoms with E-state index in [-0.39, 0.29) is 5.91 Å². The Morgan fingerprint density at radius 1 is 1.43 bits per heavy atom. The Morgan fingerprint density at radius 3 is 2.90 bits per heavy atom. The summed E-state index contributed by atoms with van der Waals surface area (Å²) < 4.78 is 0. The number of rotatable bonds is 4. The molecule has 3 nitrogen and oxygen atoms in total. The molecule has 0 saturated heterocycles. The van der Waals surface area contributed by atoms with Gasteiger partial charge in [-0.05, 0) is 47.9 Å². The number of hydrogen-bond acceptors (Lipinski definition) is 2. The van der Waals surface area contributed by atoms with E-state index in [0.717, 1.165) is 17.8 Å². The molecular formula is C18H26N2O. The van der Waals surface area contributed by atoms with E-state index in [1.807, 2.05) is 0 Å². The zero-order chi connectivity index (χ0) is 15.0. The van der Waals surface area contributed by atoms with E-state index in [2.05, 4.69) is 49.6 Å². The van der Waals surface area contributed by atoms with Gasteiger partial charge >= 0.3 is 0 Å². The lowest BCUT2D eigenvalue weighted by molar-refractivity contribution is -0.115. The standard InChI is InChI=1S/C18H26N2O/c1-4-19-17(14-6-5-9-18(14,2)3)12-7-8-15-13(10-12)11-16(21)20-15/h7-8,10,14,17,19H,4-6,9,11H2,1-3H3,(H,20,21). The van der Waals surface area contributed by atoms with Gasteiger partial charge in [-0.1, -0.05) is 39.3 Å². The third kappa shape index (κ3) is 2.71. The highest BCUT2D eigenvalue weighted by Crippen LogP contribution is 2.49. The Bertz CT molecular complexity index is 550. The van der Waals surface area contributed by atoms with Crippen LogP contribution in [0.2, 0.25) is 0 Å². The molecule has 0 aromatic heterocycles. The summed E-state index contributed by atoms with van der Waals surface area (Å²) in [5.41, 5.74) is 3.87. The molecule has 1 aliphatic carbocycles. The Balaban J connectivity index is 1.91. The fraction of sp³-hybridized carbons (Fsp3) is 0.611. The van der Waals surface area contributed by atoms with Crippen LogP contribution in [0.1, 0.15) is 57.2 Å². The van der Waals surface area contributed by atoms with E-state index in [4.69, 9.17) is 0 Å². The molecule has 2 N–H and O–H groups in total. The molecule has 0 spiro atoms. The normalized spacial score (nSPS) is 24.7. The molecular weight excluding hydrogens is 260 g/mol. The van der Waals surface area contributed by atoms with Crippen LogP contribution in [0.25, 0.3) is 0 Å². The SMILES string of the molecule is CCNC(c1ccc2c(c1)CC(=O)N2)C1CCCC1(C)C. The number of benzene rings is 1. The van der Waals surface area contributed by atoms with Gasteiger partial charge in [-0.15, -0.1) is 0 Å². The second-order valence-corrected chi connectivity index (χ2v) is 7.16. The predicted octanol–water partition coefficient (Wildman–Crippen LogP) is 3.66. The number of amides is 1. The van der Waals surface area contributed by atoms with Gasteiger partial charge in [0.2, 0.25) is 5.91 Å².